The molecule has 0 saturated heterocycles. The molecule has 3 N–H and O–H groups in total. The highest BCUT2D eigenvalue weighted by Gasteiger charge is 2.15. The molecular weight excluding hydrogens is 320 g/mol. The number of carbonyl (C=O) groups is 1. The van der Waals surface area contributed by atoms with Crippen LogP contribution >= 0.6 is 0 Å². The number of hydrogen-bond donors (Lipinski definition) is 2. The number of nitrogens with two attached hydrogens (primary N) is 1. The molecule has 134 valence electrons. The van der Waals surface area contributed by atoms with Crippen LogP contribution in [-0.2, 0) is 4.79 Å². The van der Waals surface area contributed by atoms with Crippen molar-refractivity contribution in [1.29, 1.82) is 0 Å². The summed E-state index contributed by atoms with van der Waals surface area (Å²) in [4.78, 5) is 10.9. The normalized spacial score (nSPS) is 12.9. The van der Waals surface area contributed by atoms with E-state index in [1.165, 1.54) is 0 Å². The molecule has 2 atom stereocenters. The molecule has 1 amide bonds. The molecular formula is C19H24N2O4. The Morgan fingerprint density at radius 3 is 2.32 bits per heavy atom. The molecule has 0 aliphatic rings. The van der Waals surface area contributed by atoms with Crippen LogP contribution in [0.15, 0.2) is 54.6 Å². The Labute approximate surface area is 147 Å². The molecule has 2 unspecified atom stereocenters. The maximum atomic E-state index is 10.9. The van der Waals surface area contributed by atoms with E-state index in [0.29, 0.717) is 11.5 Å². The summed E-state index contributed by atoms with van der Waals surface area (Å²) in [6, 6.07) is 16.7. The molecule has 0 spiro atoms. The smallest absolute Gasteiger partial charge is 0.255 e. The number of carbonyl (C=O) groups excluding carboxylic acids is 1. The van der Waals surface area contributed by atoms with Crippen LogP contribution in [0.3, 0.4) is 0 Å². The number of nitrogens with one attached hydrogen (secondary N) is 1. The predicted octanol–water partition coefficient (Wildman–Crippen LogP) is 2.68. The fraction of sp³-hybridized carbons (Fsp3) is 0.316. The Morgan fingerprint density at radius 2 is 1.68 bits per heavy atom. The van der Waals surface area contributed by atoms with Gasteiger partial charge in [0.2, 0.25) is 0 Å². The summed E-state index contributed by atoms with van der Waals surface area (Å²) < 4.78 is 17.1. The third-order valence-electron chi connectivity index (χ3n) is 3.34. The highest BCUT2D eigenvalue weighted by molar-refractivity contribution is 5.75. The van der Waals surface area contributed by atoms with Gasteiger partial charge >= 0.3 is 0 Å². The van der Waals surface area contributed by atoms with Crippen LogP contribution in [0.2, 0.25) is 0 Å². The molecule has 0 saturated carbocycles. The standard InChI is InChI=1S/C19H24N2O4/c1-3-19(25-15-9-5-4-6-10-15)21-14(2)24-17-12-8-7-11-16(17)23-13-18(20)22/h4-12,14,19,21H,3,13H2,1-2H3,(H2,20,22). The first-order valence-electron chi connectivity index (χ1n) is 8.23. The highest BCUT2D eigenvalue weighted by Crippen LogP contribution is 2.27. The molecule has 0 aromatic heterocycles. The van der Waals surface area contributed by atoms with E-state index < -0.39 is 5.91 Å². The fourth-order valence-electron chi connectivity index (χ4n) is 2.20. The maximum absolute atomic E-state index is 10.9. The lowest BCUT2D eigenvalue weighted by Gasteiger charge is -2.24. The van der Waals surface area contributed by atoms with Gasteiger partial charge in [-0.3, -0.25) is 4.79 Å². The molecule has 0 radical (unpaired) electrons. The summed E-state index contributed by atoms with van der Waals surface area (Å²) >= 11 is 0. The summed E-state index contributed by atoms with van der Waals surface area (Å²) in [6.45, 7) is 3.70. The molecule has 6 heteroatoms. The van der Waals surface area contributed by atoms with E-state index in [2.05, 4.69) is 5.32 Å². The number of rotatable bonds is 10. The summed E-state index contributed by atoms with van der Waals surface area (Å²) in [7, 11) is 0. The number of hydrogen-bond acceptors (Lipinski definition) is 5. The van der Waals surface area contributed by atoms with Gasteiger partial charge in [-0.15, -0.1) is 0 Å². The Kier molecular flexibility index (Phi) is 7.10. The Hall–Kier alpha value is -2.73. The van der Waals surface area contributed by atoms with Crippen LogP contribution in [0.4, 0.5) is 0 Å². The van der Waals surface area contributed by atoms with Crippen LogP contribution in [0.25, 0.3) is 0 Å². The first-order chi connectivity index (χ1) is 12.1. The molecule has 2 aromatic rings. The van der Waals surface area contributed by atoms with Crippen LogP contribution in [0.1, 0.15) is 20.3 Å². The highest BCUT2D eigenvalue weighted by atomic mass is 16.5. The van der Waals surface area contributed by atoms with Gasteiger partial charge in [0.05, 0.1) is 0 Å². The van der Waals surface area contributed by atoms with Crippen molar-refractivity contribution in [2.45, 2.75) is 32.7 Å². The van der Waals surface area contributed by atoms with Crippen molar-refractivity contribution in [3.8, 4) is 17.2 Å². The van der Waals surface area contributed by atoms with E-state index in [9.17, 15) is 4.79 Å². The van der Waals surface area contributed by atoms with Crippen molar-refractivity contribution in [1.82, 2.24) is 5.32 Å². The minimum absolute atomic E-state index is 0.198. The fourth-order valence-corrected chi connectivity index (χ4v) is 2.20. The third-order valence-corrected chi connectivity index (χ3v) is 3.34. The quantitative estimate of drug-likeness (QED) is 0.648. The van der Waals surface area contributed by atoms with Crippen LogP contribution in [0.5, 0.6) is 17.2 Å². The van der Waals surface area contributed by atoms with Crippen LogP contribution < -0.4 is 25.3 Å². The van der Waals surface area contributed by atoms with Gasteiger partial charge in [-0.1, -0.05) is 37.3 Å². The number of amides is 1. The minimum atomic E-state index is -0.539. The first-order valence-corrected chi connectivity index (χ1v) is 8.23. The van der Waals surface area contributed by atoms with Gasteiger partial charge in [-0.2, -0.15) is 0 Å². The molecule has 2 aromatic carbocycles. The zero-order valence-corrected chi connectivity index (χ0v) is 14.5. The lowest BCUT2D eigenvalue weighted by Crippen LogP contribution is -2.43. The average Bonchev–Trinajstić information content (AvgIpc) is 2.61. The zero-order chi connectivity index (χ0) is 18.1. The predicted molar refractivity (Wildman–Crippen MR) is 95.5 cm³/mol. The zero-order valence-electron chi connectivity index (χ0n) is 14.5. The number of ether oxygens (including phenoxy) is 3. The monoisotopic (exact) mass is 344 g/mol. The number of benzene rings is 2. The van der Waals surface area contributed by atoms with Gasteiger partial charge in [0.25, 0.3) is 5.91 Å². The van der Waals surface area contributed by atoms with Crippen molar-refractivity contribution in [3.63, 3.8) is 0 Å². The molecule has 0 aliphatic carbocycles. The Balaban J connectivity index is 1.94. The van der Waals surface area contributed by atoms with Crippen molar-refractivity contribution in [2.75, 3.05) is 6.61 Å². The molecule has 2 rings (SSSR count). The van der Waals surface area contributed by atoms with E-state index in [1.807, 2.05) is 50.2 Å². The van der Waals surface area contributed by atoms with Gasteiger partial charge in [-0.05, 0) is 37.6 Å². The van der Waals surface area contributed by atoms with Gasteiger partial charge in [0.15, 0.2) is 24.3 Å². The van der Waals surface area contributed by atoms with E-state index in [4.69, 9.17) is 19.9 Å². The lowest BCUT2D eigenvalue weighted by molar-refractivity contribution is -0.119. The molecule has 0 aliphatic heterocycles. The van der Waals surface area contributed by atoms with Gasteiger partial charge in [0.1, 0.15) is 12.0 Å². The van der Waals surface area contributed by atoms with E-state index >= 15 is 0 Å². The maximum Gasteiger partial charge on any atom is 0.255 e. The van der Waals surface area contributed by atoms with E-state index in [-0.39, 0.29) is 19.1 Å². The number of para-hydroxylation sites is 3. The second-order valence-corrected chi connectivity index (χ2v) is 5.46. The second kappa shape index (κ2) is 9.54. The third kappa shape index (κ3) is 6.35. The molecule has 0 bridgehead atoms. The van der Waals surface area contributed by atoms with Gasteiger partial charge in [0, 0.05) is 0 Å². The topological polar surface area (TPSA) is 82.8 Å². The van der Waals surface area contributed by atoms with Crippen molar-refractivity contribution >= 4 is 5.91 Å². The summed E-state index contributed by atoms with van der Waals surface area (Å²) in [5.74, 6) is 1.24. The first kappa shape index (κ1) is 18.6. The van der Waals surface area contributed by atoms with Crippen molar-refractivity contribution in [3.05, 3.63) is 54.6 Å². The molecule has 6 nitrogen and oxygen atoms in total. The van der Waals surface area contributed by atoms with Gasteiger partial charge in [-0.25, -0.2) is 5.32 Å². The van der Waals surface area contributed by atoms with Crippen LogP contribution in [-0.4, -0.2) is 25.0 Å². The van der Waals surface area contributed by atoms with E-state index in [1.54, 1.807) is 18.2 Å². The van der Waals surface area contributed by atoms with Crippen LogP contribution in [0, 0.1) is 0 Å². The summed E-state index contributed by atoms with van der Waals surface area (Å²) in [6.07, 6.45) is 0.241. The van der Waals surface area contributed by atoms with Crippen molar-refractivity contribution < 1.29 is 19.0 Å². The second-order valence-electron chi connectivity index (χ2n) is 5.46. The average molecular weight is 344 g/mol. The molecule has 0 fully saturated rings. The largest absolute Gasteiger partial charge is 0.480 e. The Morgan fingerprint density at radius 1 is 1.04 bits per heavy atom. The molecule has 0 heterocycles. The number of primary amides is 1. The summed E-state index contributed by atoms with van der Waals surface area (Å²) in [5, 5.41) is 3.26. The Bertz CT molecular complexity index is 663. The van der Waals surface area contributed by atoms with Crippen molar-refractivity contribution in [2.24, 2.45) is 5.73 Å². The minimum Gasteiger partial charge on any atom is -0.480 e. The summed E-state index contributed by atoms with van der Waals surface area (Å²) in [5.41, 5.74) is 5.12. The SMILES string of the molecule is CCC(NC(C)Oc1ccccc1OCC(N)=O)Oc1ccccc1. The van der Waals surface area contributed by atoms with E-state index in [0.717, 1.165) is 12.2 Å². The lowest BCUT2D eigenvalue weighted by atomic mass is 10.3. The molecule has 25 heavy (non-hydrogen) atoms. The van der Waals surface area contributed by atoms with Gasteiger partial charge < -0.3 is 19.9 Å².